The second-order valence-corrected chi connectivity index (χ2v) is 7.31. The predicted octanol–water partition coefficient (Wildman–Crippen LogP) is 3.48. The van der Waals surface area contributed by atoms with Crippen molar-refractivity contribution in [1.29, 1.82) is 0 Å². The second kappa shape index (κ2) is 9.36. The lowest BCUT2D eigenvalue weighted by Gasteiger charge is -2.32. The van der Waals surface area contributed by atoms with Gasteiger partial charge in [-0.3, -0.25) is 9.59 Å². The first kappa shape index (κ1) is 19.2. The summed E-state index contributed by atoms with van der Waals surface area (Å²) in [5.41, 5.74) is 3.60. The molecule has 1 aliphatic rings. The number of nitrogens with one attached hydrogen (secondary N) is 1. The van der Waals surface area contributed by atoms with Crippen LogP contribution in [-0.4, -0.2) is 29.8 Å². The third-order valence-corrected chi connectivity index (χ3v) is 5.32. The van der Waals surface area contributed by atoms with Crippen LogP contribution in [0.4, 0.5) is 0 Å². The Balaban J connectivity index is 1.47. The first-order valence-corrected chi connectivity index (χ1v) is 9.77. The van der Waals surface area contributed by atoms with Gasteiger partial charge in [0.1, 0.15) is 0 Å². The van der Waals surface area contributed by atoms with Crippen molar-refractivity contribution >= 4 is 11.8 Å². The molecule has 0 spiro atoms. The largest absolute Gasteiger partial charge is 0.352 e. The lowest BCUT2D eigenvalue weighted by molar-refractivity contribution is -0.138. The van der Waals surface area contributed by atoms with Gasteiger partial charge in [-0.2, -0.15) is 0 Å². The van der Waals surface area contributed by atoms with Crippen LogP contribution in [-0.2, 0) is 22.6 Å². The fourth-order valence-corrected chi connectivity index (χ4v) is 3.60. The Hall–Kier alpha value is -2.62. The van der Waals surface area contributed by atoms with Crippen molar-refractivity contribution < 1.29 is 9.59 Å². The maximum absolute atomic E-state index is 12.6. The first-order chi connectivity index (χ1) is 13.1. The zero-order valence-corrected chi connectivity index (χ0v) is 16.0. The molecule has 0 aromatic heterocycles. The van der Waals surface area contributed by atoms with E-state index in [4.69, 9.17) is 0 Å². The summed E-state index contributed by atoms with van der Waals surface area (Å²) < 4.78 is 0. The van der Waals surface area contributed by atoms with Crippen LogP contribution < -0.4 is 5.32 Å². The van der Waals surface area contributed by atoms with Gasteiger partial charge in [-0.15, -0.1) is 0 Å². The maximum atomic E-state index is 12.6. The van der Waals surface area contributed by atoms with Gasteiger partial charge in [-0.25, -0.2) is 0 Å². The SMILES string of the molecule is Cc1ccccc1CNC(=O)C1CCC(=O)N(CCCc2ccccc2)C1. The van der Waals surface area contributed by atoms with Crippen molar-refractivity contribution in [3.63, 3.8) is 0 Å². The summed E-state index contributed by atoms with van der Waals surface area (Å²) in [6.07, 6.45) is 2.99. The molecule has 1 N–H and O–H groups in total. The zero-order valence-electron chi connectivity index (χ0n) is 16.0. The molecule has 1 saturated heterocycles. The van der Waals surface area contributed by atoms with Gasteiger partial charge in [-0.1, -0.05) is 54.6 Å². The molecule has 0 aliphatic carbocycles. The minimum Gasteiger partial charge on any atom is -0.352 e. The molecule has 0 radical (unpaired) electrons. The molecule has 0 saturated carbocycles. The molecule has 1 aliphatic heterocycles. The van der Waals surface area contributed by atoms with Gasteiger partial charge in [0, 0.05) is 26.1 Å². The van der Waals surface area contributed by atoms with Crippen LogP contribution in [0.2, 0.25) is 0 Å². The molecule has 1 fully saturated rings. The number of hydrogen-bond donors (Lipinski definition) is 1. The molecule has 2 aromatic carbocycles. The molecule has 0 bridgehead atoms. The number of carbonyl (C=O) groups excluding carboxylic acids is 2. The monoisotopic (exact) mass is 364 g/mol. The topological polar surface area (TPSA) is 49.4 Å². The summed E-state index contributed by atoms with van der Waals surface area (Å²) in [5.74, 6) is 0.119. The predicted molar refractivity (Wildman–Crippen MR) is 107 cm³/mol. The quantitative estimate of drug-likeness (QED) is 0.818. The minimum atomic E-state index is -0.108. The molecule has 4 heteroatoms. The van der Waals surface area contributed by atoms with Gasteiger partial charge in [0.2, 0.25) is 11.8 Å². The first-order valence-electron chi connectivity index (χ1n) is 9.77. The number of hydrogen-bond acceptors (Lipinski definition) is 2. The van der Waals surface area contributed by atoms with Crippen LogP contribution in [0.15, 0.2) is 54.6 Å². The fourth-order valence-electron chi connectivity index (χ4n) is 3.60. The van der Waals surface area contributed by atoms with Crippen molar-refractivity contribution in [1.82, 2.24) is 10.2 Å². The Labute approximate surface area is 161 Å². The summed E-state index contributed by atoms with van der Waals surface area (Å²) >= 11 is 0. The average molecular weight is 364 g/mol. The van der Waals surface area contributed by atoms with Gasteiger partial charge in [0.15, 0.2) is 0 Å². The minimum absolute atomic E-state index is 0.0545. The highest BCUT2D eigenvalue weighted by atomic mass is 16.2. The maximum Gasteiger partial charge on any atom is 0.225 e. The van der Waals surface area contributed by atoms with Gasteiger partial charge in [-0.05, 0) is 42.9 Å². The summed E-state index contributed by atoms with van der Waals surface area (Å²) in [7, 11) is 0. The van der Waals surface area contributed by atoms with Crippen molar-refractivity contribution in [3.8, 4) is 0 Å². The van der Waals surface area contributed by atoms with Crippen LogP contribution in [0.1, 0.15) is 36.0 Å². The number of benzene rings is 2. The summed E-state index contributed by atoms with van der Waals surface area (Å²) in [6, 6.07) is 18.4. The van der Waals surface area contributed by atoms with Gasteiger partial charge >= 0.3 is 0 Å². The van der Waals surface area contributed by atoms with Crippen molar-refractivity contribution in [2.24, 2.45) is 5.92 Å². The van der Waals surface area contributed by atoms with E-state index in [1.54, 1.807) is 0 Å². The highest BCUT2D eigenvalue weighted by molar-refractivity contribution is 5.83. The van der Waals surface area contributed by atoms with Crippen molar-refractivity contribution in [2.75, 3.05) is 13.1 Å². The van der Waals surface area contributed by atoms with E-state index in [-0.39, 0.29) is 17.7 Å². The fraction of sp³-hybridized carbons (Fsp3) is 0.391. The lowest BCUT2D eigenvalue weighted by atomic mass is 9.96. The Bertz CT molecular complexity index is 773. The Morgan fingerprint density at radius 3 is 2.63 bits per heavy atom. The normalized spacial score (nSPS) is 17.0. The van der Waals surface area contributed by atoms with Crippen LogP contribution in [0.3, 0.4) is 0 Å². The molecule has 1 unspecified atom stereocenters. The number of likely N-dealkylation sites (tertiary alicyclic amines) is 1. The van der Waals surface area contributed by atoms with E-state index in [2.05, 4.69) is 30.4 Å². The molecule has 2 amide bonds. The standard InChI is InChI=1S/C23H28N2O2/c1-18-8-5-6-12-20(18)16-24-23(27)21-13-14-22(26)25(17-21)15-7-11-19-9-3-2-4-10-19/h2-6,8-10,12,21H,7,11,13-17H2,1H3,(H,24,27). The molecule has 27 heavy (non-hydrogen) atoms. The van der Waals surface area contributed by atoms with E-state index in [9.17, 15) is 9.59 Å². The smallest absolute Gasteiger partial charge is 0.225 e. The Morgan fingerprint density at radius 1 is 1.11 bits per heavy atom. The van der Waals surface area contributed by atoms with E-state index in [0.29, 0.717) is 25.9 Å². The van der Waals surface area contributed by atoms with E-state index in [1.165, 1.54) is 11.1 Å². The molecule has 1 heterocycles. The summed E-state index contributed by atoms with van der Waals surface area (Å²) in [6.45, 7) is 3.85. The van der Waals surface area contributed by atoms with Crippen LogP contribution in [0.25, 0.3) is 0 Å². The second-order valence-electron chi connectivity index (χ2n) is 7.31. The molecular formula is C23H28N2O2. The molecule has 4 nitrogen and oxygen atoms in total. The third-order valence-electron chi connectivity index (χ3n) is 5.32. The number of nitrogens with zero attached hydrogens (tertiary/aromatic N) is 1. The van der Waals surface area contributed by atoms with Crippen molar-refractivity contribution in [3.05, 3.63) is 71.3 Å². The number of rotatable bonds is 7. The van der Waals surface area contributed by atoms with E-state index >= 15 is 0 Å². The molecule has 3 rings (SSSR count). The van der Waals surface area contributed by atoms with Gasteiger partial charge < -0.3 is 10.2 Å². The van der Waals surface area contributed by atoms with Crippen LogP contribution in [0.5, 0.6) is 0 Å². The Morgan fingerprint density at radius 2 is 1.85 bits per heavy atom. The number of aryl methyl sites for hydroxylation is 2. The Kier molecular flexibility index (Phi) is 6.64. The lowest BCUT2D eigenvalue weighted by Crippen LogP contribution is -2.46. The highest BCUT2D eigenvalue weighted by Gasteiger charge is 2.29. The summed E-state index contributed by atoms with van der Waals surface area (Å²) in [5, 5.41) is 3.05. The molecular weight excluding hydrogens is 336 g/mol. The highest BCUT2D eigenvalue weighted by Crippen LogP contribution is 2.19. The molecule has 1 atom stereocenters. The van der Waals surface area contributed by atoms with Crippen LogP contribution in [0, 0.1) is 12.8 Å². The van der Waals surface area contributed by atoms with E-state index < -0.39 is 0 Å². The van der Waals surface area contributed by atoms with Crippen LogP contribution >= 0.6 is 0 Å². The van der Waals surface area contributed by atoms with Gasteiger partial charge in [0.05, 0.1) is 5.92 Å². The number of amides is 2. The molecule has 2 aromatic rings. The van der Waals surface area contributed by atoms with E-state index in [1.807, 2.05) is 41.3 Å². The zero-order chi connectivity index (χ0) is 19.1. The van der Waals surface area contributed by atoms with Gasteiger partial charge in [0.25, 0.3) is 0 Å². The summed E-state index contributed by atoms with van der Waals surface area (Å²) in [4.78, 5) is 26.7. The van der Waals surface area contributed by atoms with E-state index in [0.717, 1.165) is 24.9 Å². The number of carbonyl (C=O) groups is 2. The average Bonchev–Trinajstić information content (AvgIpc) is 2.69. The molecule has 142 valence electrons. The number of piperidine rings is 1. The third kappa shape index (κ3) is 5.43. The van der Waals surface area contributed by atoms with Crippen molar-refractivity contribution in [2.45, 2.75) is 39.2 Å².